The van der Waals surface area contributed by atoms with Crippen molar-refractivity contribution in [2.45, 2.75) is 12.8 Å². The first-order valence-corrected chi connectivity index (χ1v) is 3.26. The third-order valence-electron chi connectivity index (χ3n) is 2.32. The zero-order valence-corrected chi connectivity index (χ0v) is 5.26. The number of carbonyl (C=O) groups is 1. The molecule has 0 atom stereocenters. The van der Waals surface area contributed by atoms with Crippen LogP contribution in [0, 0.1) is 5.41 Å². The highest BCUT2D eigenvalue weighted by molar-refractivity contribution is 5.73. The lowest BCUT2D eigenvalue weighted by Gasteiger charge is -2.38. The molecule has 0 aromatic rings. The van der Waals surface area contributed by atoms with Gasteiger partial charge < -0.3 is 10.6 Å². The lowest BCUT2D eigenvalue weighted by atomic mass is 9.98. The summed E-state index contributed by atoms with van der Waals surface area (Å²) in [5.74, 6) is 0. The number of primary amides is 1. The van der Waals surface area contributed by atoms with Crippen LogP contribution >= 0.6 is 0 Å². The summed E-state index contributed by atoms with van der Waals surface area (Å²) in [6, 6.07) is -0.257. The molecule has 2 rings (SSSR count). The quantitative estimate of drug-likeness (QED) is 0.504. The standard InChI is InChI=1S/C6H10N2O.H2/c7-5(9)8-3-6(4-8)1-2-6;/h1-4H2,(H2,7,9);1H. The molecule has 3 nitrogen and oxygen atoms in total. The van der Waals surface area contributed by atoms with E-state index >= 15 is 0 Å². The van der Waals surface area contributed by atoms with Gasteiger partial charge in [-0.05, 0) is 12.8 Å². The van der Waals surface area contributed by atoms with Gasteiger partial charge in [0.05, 0.1) is 0 Å². The number of urea groups is 1. The predicted molar refractivity (Wildman–Crippen MR) is 34.9 cm³/mol. The molecule has 0 aromatic carbocycles. The summed E-state index contributed by atoms with van der Waals surface area (Å²) in [4.78, 5) is 12.1. The molecule has 2 fully saturated rings. The van der Waals surface area contributed by atoms with Crippen LogP contribution in [0.5, 0.6) is 0 Å². The first-order valence-electron chi connectivity index (χ1n) is 3.26. The van der Waals surface area contributed by atoms with Crippen LogP contribution in [0.4, 0.5) is 4.79 Å². The summed E-state index contributed by atoms with van der Waals surface area (Å²) in [5.41, 5.74) is 5.58. The van der Waals surface area contributed by atoms with Gasteiger partial charge in [-0.1, -0.05) is 0 Å². The number of hydrogen-bond acceptors (Lipinski definition) is 1. The molecule has 2 aliphatic rings. The maximum absolute atomic E-state index is 10.4. The highest BCUT2D eigenvalue weighted by Gasteiger charge is 2.53. The predicted octanol–water partition coefficient (Wildman–Crippen LogP) is 0.407. The average Bonchev–Trinajstić information content (AvgIpc) is 2.35. The van der Waals surface area contributed by atoms with Crippen LogP contribution in [0.15, 0.2) is 0 Å². The number of rotatable bonds is 0. The van der Waals surface area contributed by atoms with Crippen molar-refractivity contribution in [3.63, 3.8) is 0 Å². The van der Waals surface area contributed by atoms with Gasteiger partial charge in [0, 0.05) is 19.9 Å². The molecule has 2 amide bonds. The van der Waals surface area contributed by atoms with E-state index in [1.54, 1.807) is 4.90 Å². The fraction of sp³-hybridized carbons (Fsp3) is 0.833. The SMILES string of the molecule is NC(=O)N1CC2(CC2)C1.[HH]. The van der Waals surface area contributed by atoms with E-state index in [-0.39, 0.29) is 7.46 Å². The van der Waals surface area contributed by atoms with E-state index in [0.717, 1.165) is 13.1 Å². The van der Waals surface area contributed by atoms with Crippen molar-refractivity contribution in [3.8, 4) is 0 Å². The Morgan fingerprint density at radius 2 is 2.11 bits per heavy atom. The number of carbonyl (C=O) groups excluding carboxylic acids is 1. The molecule has 0 aromatic heterocycles. The summed E-state index contributed by atoms with van der Waals surface area (Å²) < 4.78 is 0. The van der Waals surface area contributed by atoms with Gasteiger partial charge in [-0.2, -0.15) is 0 Å². The topological polar surface area (TPSA) is 46.3 Å². The van der Waals surface area contributed by atoms with E-state index in [1.165, 1.54) is 12.8 Å². The van der Waals surface area contributed by atoms with Gasteiger partial charge in [0.25, 0.3) is 0 Å². The number of nitrogens with two attached hydrogens (primary N) is 1. The minimum Gasteiger partial charge on any atom is -0.351 e. The zero-order valence-electron chi connectivity index (χ0n) is 5.26. The molecule has 1 saturated heterocycles. The van der Waals surface area contributed by atoms with Crippen molar-refractivity contribution in [1.82, 2.24) is 4.90 Å². The molecule has 1 heterocycles. The molecule has 52 valence electrons. The van der Waals surface area contributed by atoms with Crippen LogP contribution < -0.4 is 5.73 Å². The molecular weight excluding hydrogens is 116 g/mol. The highest BCUT2D eigenvalue weighted by Crippen LogP contribution is 2.52. The number of hydrogen-bond donors (Lipinski definition) is 1. The van der Waals surface area contributed by atoms with Gasteiger partial charge in [0.15, 0.2) is 0 Å². The zero-order chi connectivity index (χ0) is 6.48. The van der Waals surface area contributed by atoms with Gasteiger partial charge in [0.1, 0.15) is 0 Å². The minimum absolute atomic E-state index is 0. The van der Waals surface area contributed by atoms with Gasteiger partial charge in [-0.15, -0.1) is 0 Å². The largest absolute Gasteiger partial charge is 0.351 e. The fourth-order valence-corrected chi connectivity index (χ4v) is 1.41. The smallest absolute Gasteiger partial charge is 0.314 e. The molecule has 9 heavy (non-hydrogen) atoms. The molecule has 0 unspecified atom stereocenters. The Morgan fingerprint density at radius 3 is 2.44 bits per heavy atom. The monoisotopic (exact) mass is 128 g/mol. The second kappa shape index (κ2) is 1.23. The van der Waals surface area contributed by atoms with E-state index in [9.17, 15) is 4.79 Å². The first-order chi connectivity index (χ1) is 4.22. The Bertz CT molecular complexity index is 159. The molecular formula is C6H12N2O. The average molecular weight is 128 g/mol. The van der Waals surface area contributed by atoms with Crippen LogP contribution in [0.2, 0.25) is 0 Å². The van der Waals surface area contributed by atoms with Crippen LogP contribution in [-0.4, -0.2) is 24.0 Å². The second-order valence-electron chi connectivity index (χ2n) is 3.19. The number of likely N-dealkylation sites (tertiary alicyclic amines) is 1. The summed E-state index contributed by atoms with van der Waals surface area (Å²) in [6.45, 7) is 1.84. The maximum atomic E-state index is 10.4. The Labute approximate surface area is 55.3 Å². The third-order valence-corrected chi connectivity index (χ3v) is 2.32. The van der Waals surface area contributed by atoms with Gasteiger partial charge in [0.2, 0.25) is 0 Å². The second-order valence-corrected chi connectivity index (χ2v) is 3.19. The molecule has 1 aliphatic carbocycles. The summed E-state index contributed by atoms with van der Waals surface area (Å²) in [5, 5.41) is 0. The molecule has 0 bridgehead atoms. The van der Waals surface area contributed by atoms with Gasteiger partial charge in [-0.3, -0.25) is 0 Å². The van der Waals surface area contributed by atoms with Gasteiger partial charge in [-0.25, -0.2) is 4.79 Å². The van der Waals surface area contributed by atoms with Crippen molar-refractivity contribution in [1.29, 1.82) is 0 Å². The molecule has 2 N–H and O–H groups in total. The summed E-state index contributed by atoms with van der Waals surface area (Å²) >= 11 is 0. The highest BCUT2D eigenvalue weighted by atomic mass is 16.2. The summed E-state index contributed by atoms with van der Waals surface area (Å²) in [7, 11) is 0. The van der Waals surface area contributed by atoms with E-state index in [4.69, 9.17) is 5.73 Å². The summed E-state index contributed by atoms with van der Waals surface area (Å²) in [6.07, 6.45) is 2.60. The molecule has 1 saturated carbocycles. The van der Waals surface area contributed by atoms with Crippen molar-refractivity contribution in [3.05, 3.63) is 0 Å². The fourth-order valence-electron chi connectivity index (χ4n) is 1.41. The van der Waals surface area contributed by atoms with Gasteiger partial charge >= 0.3 is 6.03 Å². The third kappa shape index (κ3) is 0.605. The number of amides is 2. The molecule has 1 spiro atoms. The van der Waals surface area contributed by atoms with Crippen molar-refractivity contribution < 1.29 is 6.22 Å². The van der Waals surface area contributed by atoms with Crippen molar-refractivity contribution in [2.24, 2.45) is 11.1 Å². The Balaban J connectivity index is 0.000000500. The molecule has 3 heteroatoms. The van der Waals surface area contributed by atoms with Crippen molar-refractivity contribution in [2.75, 3.05) is 13.1 Å². The van der Waals surface area contributed by atoms with E-state index in [0.29, 0.717) is 5.41 Å². The molecule has 1 aliphatic heterocycles. The Kier molecular flexibility index (Phi) is 0.693. The van der Waals surface area contributed by atoms with E-state index in [1.807, 2.05) is 0 Å². The van der Waals surface area contributed by atoms with E-state index < -0.39 is 0 Å². The normalized spacial score (nSPS) is 27.8. The molecule has 0 radical (unpaired) electrons. The Hall–Kier alpha value is -0.730. The van der Waals surface area contributed by atoms with Crippen LogP contribution in [0.3, 0.4) is 0 Å². The van der Waals surface area contributed by atoms with Crippen LogP contribution in [0.1, 0.15) is 14.3 Å². The first kappa shape index (κ1) is 5.09. The van der Waals surface area contributed by atoms with Crippen LogP contribution in [0.25, 0.3) is 0 Å². The maximum Gasteiger partial charge on any atom is 0.314 e. The van der Waals surface area contributed by atoms with E-state index in [2.05, 4.69) is 0 Å². The van der Waals surface area contributed by atoms with Crippen molar-refractivity contribution >= 4 is 6.03 Å². The minimum atomic E-state index is -0.257. The lowest BCUT2D eigenvalue weighted by Crippen LogP contribution is -2.53. The number of nitrogens with zero attached hydrogens (tertiary/aromatic N) is 1. The van der Waals surface area contributed by atoms with Crippen LogP contribution in [-0.2, 0) is 0 Å². The Morgan fingerprint density at radius 1 is 1.56 bits per heavy atom. The lowest BCUT2D eigenvalue weighted by molar-refractivity contribution is 0.113.